The molecule has 0 atom stereocenters. The monoisotopic (exact) mass is 312 g/mol. The fourth-order valence-electron chi connectivity index (χ4n) is 2.91. The highest BCUT2D eigenvalue weighted by molar-refractivity contribution is 5.97. The average molecular weight is 312 g/mol. The maximum atomic E-state index is 12.3. The van der Waals surface area contributed by atoms with Gasteiger partial charge in [0.25, 0.3) is 0 Å². The van der Waals surface area contributed by atoms with Crippen molar-refractivity contribution in [1.82, 2.24) is 19.9 Å². The number of hydrogen-bond acceptors (Lipinski definition) is 4. The first-order valence-electron chi connectivity index (χ1n) is 7.96. The SMILES string of the molecule is O=C(CCC(=O)N1CCC(n2nccn2)CC1)c1ccccc1. The van der Waals surface area contributed by atoms with Crippen molar-refractivity contribution in [2.45, 2.75) is 31.7 Å². The lowest BCUT2D eigenvalue weighted by Crippen LogP contribution is -2.39. The van der Waals surface area contributed by atoms with Crippen molar-refractivity contribution in [2.75, 3.05) is 13.1 Å². The molecular formula is C17H20N4O2. The second-order valence-electron chi connectivity index (χ2n) is 5.75. The van der Waals surface area contributed by atoms with Gasteiger partial charge in [-0.1, -0.05) is 30.3 Å². The van der Waals surface area contributed by atoms with Crippen molar-refractivity contribution >= 4 is 11.7 Å². The smallest absolute Gasteiger partial charge is 0.223 e. The minimum Gasteiger partial charge on any atom is -0.343 e. The van der Waals surface area contributed by atoms with Gasteiger partial charge in [-0.25, -0.2) is 0 Å². The molecule has 1 aliphatic heterocycles. The molecule has 1 amide bonds. The van der Waals surface area contributed by atoms with E-state index in [4.69, 9.17) is 0 Å². The third-order valence-electron chi connectivity index (χ3n) is 4.24. The number of hydrogen-bond donors (Lipinski definition) is 0. The topological polar surface area (TPSA) is 68.1 Å². The Bertz CT molecular complexity index is 646. The minimum absolute atomic E-state index is 0.0228. The first-order valence-corrected chi connectivity index (χ1v) is 7.96. The Morgan fingerprint density at radius 3 is 2.30 bits per heavy atom. The van der Waals surface area contributed by atoms with Crippen LogP contribution in [0.25, 0.3) is 0 Å². The van der Waals surface area contributed by atoms with Crippen LogP contribution in [0.5, 0.6) is 0 Å². The number of ketones is 1. The maximum Gasteiger partial charge on any atom is 0.223 e. The van der Waals surface area contributed by atoms with Crippen LogP contribution in [-0.2, 0) is 4.79 Å². The molecule has 1 aromatic carbocycles. The van der Waals surface area contributed by atoms with Crippen LogP contribution >= 0.6 is 0 Å². The van der Waals surface area contributed by atoms with Gasteiger partial charge in [0.2, 0.25) is 5.91 Å². The van der Waals surface area contributed by atoms with E-state index in [0.29, 0.717) is 18.7 Å². The van der Waals surface area contributed by atoms with E-state index in [-0.39, 0.29) is 30.6 Å². The van der Waals surface area contributed by atoms with Crippen LogP contribution in [-0.4, -0.2) is 44.7 Å². The highest BCUT2D eigenvalue weighted by Gasteiger charge is 2.24. The van der Waals surface area contributed by atoms with Crippen LogP contribution in [0, 0.1) is 0 Å². The zero-order valence-corrected chi connectivity index (χ0v) is 13.0. The van der Waals surface area contributed by atoms with E-state index >= 15 is 0 Å². The summed E-state index contributed by atoms with van der Waals surface area (Å²) in [7, 11) is 0. The lowest BCUT2D eigenvalue weighted by molar-refractivity contribution is -0.132. The van der Waals surface area contributed by atoms with Crippen LogP contribution in [0.4, 0.5) is 0 Å². The van der Waals surface area contributed by atoms with Crippen LogP contribution in [0.3, 0.4) is 0 Å². The number of rotatable bonds is 5. The predicted molar refractivity (Wildman–Crippen MR) is 84.9 cm³/mol. The average Bonchev–Trinajstić information content (AvgIpc) is 3.15. The van der Waals surface area contributed by atoms with Crippen molar-refractivity contribution in [1.29, 1.82) is 0 Å². The normalized spacial score (nSPS) is 15.6. The molecule has 2 aromatic rings. The number of piperidine rings is 1. The van der Waals surface area contributed by atoms with Crippen LogP contribution < -0.4 is 0 Å². The molecule has 1 saturated heterocycles. The largest absolute Gasteiger partial charge is 0.343 e. The number of carbonyl (C=O) groups is 2. The van der Waals surface area contributed by atoms with Gasteiger partial charge in [-0.15, -0.1) is 0 Å². The first kappa shape index (κ1) is 15.4. The van der Waals surface area contributed by atoms with E-state index in [0.717, 1.165) is 12.8 Å². The Balaban J connectivity index is 1.45. The standard InChI is InChI=1S/C17H20N4O2/c22-16(14-4-2-1-3-5-14)6-7-17(23)20-12-8-15(9-13-20)21-18-10-11-19-21/h1-5,10-11,15H,6-9,12-13H2. The van der Waals surface area contributed by atoms with E-state index in [9.17, 15) is 9.59 Å². The lowest BCUT2D eigenvalue weighted by Gasteiger charge is -2.31. The number of Topliss-reactive ketones (excluding diaryl/α,β-unsaturated/α-hetero) is 1. The Hall–Kier alpha value is -2.50. The summed E-state index contributed by atoms with van der Waals surface area (Å²) in [6.07, 6.45) is 5.60. The van der Waals surface area contributed by atoms with Crippen LogP contribution in [0.2, 0.25) is 0 Å². The molecular weight excluding hydrogens is 292 g/mol. The van der Waals surface area contributed by atoms with Gasteiger partial charge in [-0.2, -0.15) is 15.0 Å². The Kier molecular flexibility index (Phi) is 4.80. The summed E-state index contributed by atoms with van der Waals surface area (Å²) in [4.78, 5) is 27.9. The van der Waals surface area contributed by atoms with Gasteiger partial charge in [0.05, 0.1) is 18.4 Å². The van der Waals surface area contributed by atoms with Crippen molar-refractivity contribution in [3.63, 3.8) is 0 Å². The fraction of sp³-hybridized carbons (Fsp3) is 0.412. The second kappa shape index (κ2) is 7.17. The van der Waals surface area contributed by atoms with E-state index in [1.54, 1.807) is 29.3 Å². The third-order valence-corrected chi connectivity index (χ3v) is 4.24. The van der Waals surface area contributed by atoms with Gasteiger partial charge < -0.3 is 4.90 Å². The van der Waals surface area contributed by atoms with Crippen molar-refractivity contribution in [3.05, 3.63) is 48.3 Å². The molecule has 3 rings (SSSR count). The molecule has 6 heteroatoms. The number of benzene rings is 1. The Labute approximate surface area is 135 Å². The number of amides is 1. The maximum absolute atomic E-state index is 12.3. The van der Waals surface area contributed by atoms with Crippen molar-refractivity contribution < 1.29 is 9.59 Å². The highest BCUT2D eigenvalue weighted by atomic mass is 16.2. The summed E-state index contributed by atoms with van der Waals surface area (Å²) >= 11 is 0. The molecule has 0 unspecified atom stereocenters. The molecule has 0 aliphatic carbocycles. The predicted octanol–water partition coefficient (Wildman–Crippen LogP) is 2.10. The number of aromatic nitrogens is 3. The van der Waals surface area contributed by atoms with Crippen molar-refractivity contribution in [3.8, 4) is 0 Å². The summed E-state index contributed by atoms with van der Waals surface area (Å²) in [5.74, 6) is 0.0794. The van der Waals surface area contributed by atoms with Gasteiger partial charge in [0.15, 0.2) is 5.78 Å². The highest BCUT2D eigenvalue weighted by Crippen LogP contribution is 2.21. The number of carbonyl (C=O) groups excluding carboxylic acids is 2. The van der Waals surface area contributed by atoms with Gasteiger partial charge >= 0.3 is 0 Å². The zero-order chi connectivity index (χ0) is 16.1. The van der Waals surface area contributed by atoms with E-state index < -0.39 is 0 Å². The minimum atomic E-state index is 0.0228. The summed E-state index contributed by atoms with van der Waals surface area (Å²) in [5.41, 5.74) is 0.670. The summed E-state index contributed by atoms with van der Waals surface area (Å²) in [6, 6.07) is 9.39. The summed E-state index contributed by atoms with van der Waals surface area (Å²) < 4.78 is 0. The molecule has 0 saturated carbocycles. The van der Waals surface area contributed by atoms with E-state index in [1.165, 1.54) is 0 Å². The molecule has 0 bridgehead atoms. The van der Waals surface area contributed by atoms with Crippen LogP contribution in [0.1, 0.15) is 42.1 Å². The molecule has 0 spiro atoms. The van der Waals surface area contributed by atoms with E-state index in [2.05, 4.69) is 10.2 Å². The van der Waals surface area contributed by atoms with Crippen molar-refractivity contribution in [2.24, 2.45) is 0 Å². The number of likely N-dealkylation sites (tertiary alicyclic amines) is 1. The second-order valence-corrected chi connectivity index (χ2v) is 5.75. The molecule has 6 nitrogen and oxygen atoms in total. The lowest BCUT2D eigenvalue weighted by atomic mass is 10.0. The van der Waals surface area contributed by atoms with E-state index in [1.807, 2.05) is 23.1 Å². The molecule has 0 N–H and O–H groups in total. The van der Waals surface area contributed by atoms with Gasteiger partial charge in [0, 0.05) is 31.5 Å². The van der Waals surface area contributed by atoms with Gasteiger partial charge in [-0.05, 0) is 12.8 Å². The fourth-order valence-corrected chi connectivity index (χ4v) is 2.91. The molecule has 1 aromatic heterocycles. The summed E-state index contributed by atoms with van der Waals surface area (Å²) in [5, 5.41) is 8.32. The molecule has 1 fully saturated rings. The Morgan fingerprint density at radius 2 is 1.65 bits per heavy atom. The molecule has 2 heterocycles. The van der Waals surface area contributed by atoms with Gasteiger partial charge in [-0.3, -0.25) is 9.59 Å². The molecule has 1 aliphatic rings. The quantitative estimate of drug-likeness (QED) is 0.793. The van der Waals surface area contributed by atoms with Crippen LogP contribution in [0.15, 0.2) is 42.7 Å². The molecule has 120 valence electrons. The number of nitrogens with zero attached hydrogens (tertiary/aromatic N) is 4. The zero-order valence-electron chi connectivity index (χ0n) is 13.0. The third kappa shape index (κ3) is 3.83. The summed E-state index contributed by atoms with van der Waals surface area (Å²) in [6.45, 7) is 1.40. The Morgan fingerprint density at radius 1 is 1.00 bits per heavy atom. The molecule has 23 heavy (non-hydrogen) atoms. The van der Waals surface area contributed by atoms with Gasteiger partial charge in [0.1, 0.15) is 0 Å². The first-order chi connectivity index (χ1) is 11.2. The molecule has 0 radical (unpaired) electrons.